The van der Waals surface area contributed by atoms with Gasteiger partial charge in [0, 0.05) is 26.7 Å². The summed E-state index contributed by atoms with van der Waals surface area (Å²) in [6.07, 6.45) is 0.217. The van der Waals surface area contributed by atoms with E-state index in [1.54, 1.807) is 10.7 Å². The normalized spacial score (nSPS) is 12.4. The molecule has 7 heteroatoms. The van der Waals surface area contributed by atoms with Crippen LogP contribution in [0.5, 0.6) is 0 Å². The second-order valence-corrected chi connectivity index (χ2v) is 5.07. The maximum atomic E-state index is 12.3. The lowest BCUT2D eigenvalue weighted by Crippen LogP contribution is -2.42. The summed E-state index contributed by atoms with van der Waals surface area (Å²) in [6, 6.07) is 0.735. The van der Waals surface area contributed by atoms with Crippen molar-refractivity contribution >= 4 is 11.9 Å². The van der Waals surface area contributed by atoms with Gasteiger partial charge in [-0.3, -0.25) is 9.48 Å². The van der Waals surface area contributed by atoms with Crippen molar-refractivity contribution in [1.29, 1.82) is 0 Å². The van der Waals surface area contributed by atoms with E-state index in [9.17, 15) is 9.59 Å². The number of carboxylic acids is 1. The number of carbonyl (C=O) groups excluding carboxylic acids is 1. The van der Waals surface area contributed by atoms with Crippen molar-refractivity contribution < 1.29 is 19.4 Å². The van der Waals surface area contributed by atoms with Crippen LogP contribution in [-0.2, 0) is 16.1 Å². The molecule has 0 fully saturated rings. The second-order valence-electron chi connectivity index (χ2n) is 5.07. The van der Waals surface area contributed by atoms with Gasteiger partial charge in [-0.05, 0) is 18.9 Å². The quantitative estimate of drug-likeness (QED) is 0.753. The zero-order valence-corrected chi connectivity index (χ0v) is 12.9. The molecule has 0 radical (unpaired) electrons. The van der Waals surface area contributed by atoms with Gasteiger partial charge in [0.2, 0.25) is 0 Å². The van der Waals surface area contributed by atoms with Crippen molar-refractivity contribution in [3.63, 3.8) is 0 Å². The lowest BCUT2D eigenvalue weighted by Gasteiger charge is -2.14. The molecule has 0 saturated carbocycles. The monoisotopic (exact) mass is 297 g/mol. The molecule has 0 aliphatic heterocycles. The molecule has 1 unspecified atom stereocenters. The minimum absolute atomic E-state index is 0.202. The van der Waals surface area contributed by atoms with Gasteiger partial charge >= 0.3 is 5.97 Å². The van der Waals surface area contributed by atoms with E-state index in [0.29, 0.717) is 12.2 Å². The van der Waals surface area contributed by atoms with E-state index in [1.807, 2.05) is 20.8 Å². The Bertz CT molecular complexity index is 496. The van der Waals surface area contributed by atoms with Gasteiger partial charge in [0.1, 0.15) is 11.7 Å². The molecule has 1 rings (SSSR count). The minimum atomic E-state index is -1.08. The molecule has 1 amide bonds. The molecular formula is C14H23N3O4. The van der Waals surface area contributed by atoms with Gasteiger partial charge in [-0.2, -0.15) is 5.10 Å². The van der Waals surface area contributed by atoms with Gasteiger partial charge in [0.05, 0.1) is 5.69 Å². The summed E-state index contributed by atoms with van der Waals surface area (Å²) in [5, 5.41) is 16.0. The Morgan fingerprint density at radius 1 is 1.48 bits per heavy atom. The number of aliphatic carboxylic acids is 1. The third-order valence-electron chi connectivity index (χ3n) is 3.14. The summed E-state index contributed by atoms with van der Waals surface area (Å²) < 4.78 is 6.44. The largest absolute Gasteiger partial charge is 0.480 e. The maximum Gasteiger partial charge on any atom is 0.326 e. The van der Waals surface area contributed by atoms with Crippen molar-refractivity contribution in [2.45, 2.75) is 45.7 Å². The molecule has 7 nitrogen and oxygen atoms in total. The first-order chi connectivity index (χ1) is 9.90. The molecule has 1 aromatic rings. The minimum Gasteiger partial charge on any atom is -0.480 e. The van der Waals surface area contributed by atoms with Gasteiger partial charge in [-0.1, -0.05) is 13.8 Å². The third kappa shape index (κ3) is 4.56. The maximum absolute atomic E-state index is 12.3. The predicted molar refractivity (Wildman–Crippen MR) is 77.4 cm³/mol. The Morgan fingerprint density at radius 2 is 2.14 bits per heavy atom. The van der Waals surface area contributed by atoms with Gasteiger partial charge in [0.25, 0.3) is 5.91 Å². The van der Waals surface area contributed by atoms with E-state index >= 15 is 0 Å². The van der Waals surface area contributed by atoms with Crippen LogP contribution >= 0.6 is 0 Å². The first-order valence-electron chi connectivity index (χ1n) is 7.01. The van der Waals surface area contributed by atoms with Crippen LogP contribution in [0.4, 0.5) is 0 Å². The zero-order chi connectivity index (χ0) is 16.0. The van der Waals surface area contributed by atoms with Crippen LogP contribution in [0, 0.1) is 0 Å². The highest BCUT2D eigenvalue weighted by atomic mass is 16.5. The van der Waals surface area contributed by atoms with Crippen LogP contribution in [0.2, 0.25) is 0 Å². The highest BCUT2D eigenvalue weighted by Crippen LogP contribution is 2.14. The number of carboxylic acid groups (broad SMARTS) is 1. The van der Waals surface area contributed by atoms with Crippen LogP contribution in [0.15, 0.2) is 6.07 Å². The number of rotatable bonds is 8. The summed E-state index contributed by atoms with van der Waals surface area (Å²) in [6.45, 7) is 6.67. The summed E-state index contributed by atoms with van der Waals surface area (Å²) >= 11 is 0. The average Bonchev–Trinajstić information content (AvgIpc) is 2.87. The molecule has 0 aromatic carbocycles. The van der Waals surface area contributed by atoms with Crippen molar-refractivity contribution in [2.24, 2.45) is 0 Å². The first kappa shape index (κ1) is 17.2. The van der Waals surface area contributed by atoms with Gasteiger partial charge < -0.3 is 15.2 Å². The number of carbonyl (C=O) groups is 2. The van der Waals surface area contributed by atoms with Gasteiger partial charge in [-0.15, -0.1) is 0 Å². The number of nitrogens with one attached hydrogen (secondary N) is 1. The zero-order valence-electron chi connectivity index (χ0n) is 12.9. The number of ether oxygens (including phenoxy) is 1. The summed E-state index contributed by atoms with van der Waals surface area (Å²) in [4.78, 5) is 23.4. The fraction of sp³-hybridized carbons (Fsp3) is 0.643. The lowest BCUT2D eigenvalue weighted by molar-refractivity contribution is -0.139. The predicted octanol–water partition coefficient (Wildman–Crippen LogP) is 1.25. The second kappa shape index (κ2) is 7.78. The molecule has 1 heterocycles. The van der Waals surface area contributed by atoms with E-state index in [0.717, 1.165) is 5.69 Å². The number of methoxy groups -OCH3 is 1. The number of hydrogen-bond acceptors (Lipinski definition) is 4. The molecule has 2 N–H and O–H groups in total. The van der Waals surface area contributed by atoms with Crippen LogP contribution in [-0.4, -0.2) is 46.5 Å². The molecule has 0 aliphatic carbocycles. The molecule has 118 valence electrons. The van der Waals surface area contributed by atoms with Gasteiger partial charge in [-0.25, -0.2) is 4.79 Å². The molecule has 1 aromatic heterocycles. The molecule has 1 atom stereocenters. The fourth-order valence-corrected chi connectivity index (χ4v) is 1.87. The van der Waals surface area contributed by atoms with Crippen molar-refractivity contribution in [2.75, 3.05) is 13.7 Å². The first-order valence-corrected chi connectivity index (χ1v) is 7.01. The van der Waals surface area contributed by atoms with Crippen molar-refractivity contribution in [1.82, 2.24) is 15.1 Å². The lowest BCUT2D eigenvalue weighted by atomic mass is 10.1. The highest BCUT2D eigenvalue weighted by Gasteiger charge is 2.23. The van der Waals surface area contributed by atoms with Crippen LogP contribution in [0.25, 0.3) is 0 Å². The standard InChI is InChI=1S/C14H23N3O4/c1-5-17-12(8-11(16-17)9(2)3)13(18)15-10(14(19)20)6-7-21-4/h8-10H,5-7H2,1-4H3,(H,15,18)(H,19,20). The summed E-state index contributed by atoms with van der Waals surface area (Å²) in [7, 11) is 1.49. The highest BCUT2D eigenvalue weighted by molar-refractivity contribution is 5.95. The van der Waals surface area contributed by atoms with E-state index in [-0.39, 0.29) is 18.9 Å². The van der Waals surface area contributed by atoms with Crippen molar-refractivity contribution in [3.8, 4) is 0 Å². The van der Waals surface area contributed by atoms with Crippen LogP contribution in [0.1, 0.15) is 49.3 Å². The number of amides is 1. The average molecular weight is 297 g/mol. The molecule has 21 heavy (non-hydrogen) atoms. The van der Waals surface area contributed by atoms with Crippen molar-refractivity contribution in [3.05, 3.63) is 17.5 Å². The van der Waals surface area contributed by atoms with E-state index in [4.69, 9.17) is 9.84 Å². The van der Waals surface area contributed by atoms with E-state index < -0.39 is 17.9 Å². The number of aromatic nitrogens is 2. The van der Waals surface area contributed by atoms with Gasteiger partial charge in [0.15, 0.2) is 0 Å². The smallest absolute Gasteiger partial charge is 0.326 e. The third-order valence-corrected chi connectivity index (χ3v) is 3.14. The van der Waals surface area contributed by atoms with Crippen LogP contribution < -0.4 is 5.32 Å². The van der Waals surface area contributed by atoms with E-state index in [1.165, 1.54) is 7.11 Å². The molecule has 0 bridgehead atoms. The number of hydrogen-bond donors (Lipinski definition) is 2. The Kier molecular flexibility index (Phi) is 6.36. The number of nitrogens with zero attached hydrogens (tertiary/aromatic N) is 2. The topological polar surface area (TPSA) is 93.5 Å². The Labute approximate surface area is 124 Å². The van der Waals surface area contributed by atoms with Crippen LogP contribution in [0.3, 0.4) is 0 Å². The van der Waals surface area contributed by atoms with E-state index in [2.05, 4.69) is 10.4 Å². The Morgan fingerprint density at radius 3 is 2.62 bits per heavy atom. The Balaban J connectivity index is 2.88. The number of aryl methyl sites for hydroxylation is 1. The molecule has 0 spiro atoms. The Hall–Kier alpha value is -1.89. The fourth-order valence-electron chi connectivity index (χ4n) is 1.87. The summed E-state index contributed by atoms with van der Waals surface area (Å²) in [5.74, 6) is -1.31. The molecule has 0 saturated heterocycles. The molecular weight excluding hydrogens is 274 g/mol. The summed E-state index contributed by atoms with van der Waals surface area (Å²) in [5.41, 5.74) is 1.19. The SMILES string of the molecule is CCn1nc(C(C)C)cc1C(=O)NC(CCOC)C(=O)O. The molecule has 0 aliphatic rings.